The number of hydrogen-bond donors (Lipinski definition) is 2. The van der Waals surface area contributed by atoms with Gasteiger partial charge in [-0.25, -0.2) is 14.4 Å². The van der Waals surface area contributed by atoms with Crippen LogP contribution in [0.2, 0.25) is 0 Å². The highest BCUT2D eigenvalue weighted by Crippen LogP contribution is 2.29. The third-order valence-electron chi connectivity index (χ3n) is 3.18. The van der Waals surface area contributed by atoms with Crippen LogP contribution in [0.4, 0.5) is 10.2 Å². The normalized spacial score (nSPS) is 24.7. The molecule has 0 radical (unpaired) electrons. The smallest absolute Gasteiger partial charge is 0.142 e. The predicted octanol–water partition coefficient (Wildman–Crippen LogP) is 0.867. The van der Waals surface area contributed by atoms with Crippen molar-refractivity contribution < 1.29 is 9.50 Å². The molecule has 1 aliphatic rings. The molecule has 0 unspecified atom stereocenters. The summed E-state index contributed by atoms with van der Waals surface area (Å²) < 4.78 is 13.4. The number of halogens is 1. The fourth-order valence-electron chi connectivity index (χ4n) is 2.38. The van der Waals surface area contributed by atoms with Crippen LogP contribution in [0.5, 0.6) is 0 Å². The number of nitrogens with zero attached hydrogens (tertiary/aromatic N) is 3. The van der Waals surface area contributed by atoms with Crippen LogP contribution in [-0.4, -0.2) is 45.4 Å². The Kier molecular flexibility index (Phi) is 2.44. The van der Waals surface area contributed by atoms with Crippen LogP contribution < -0.4 is 4.90 Å². The Morgan fingerprint density at radius 2 is 2.41 bits per heavy atom. The van der Waals surface area contributed by atoms with Crippen molar-refractivity contribution in [2.24, 2.45) is 0 Å². The zero-order valence-corrected chi connectivity index (χ0v) is 9.17. The highest BCUT2D eigenvalue weighted by molar-refractivity contribution is 5.87. The van der Waals surface area contributed by atoms with Gasteiger partial charge in [-0.05, 0) is 6.07 Å². The van der Waals surface area contributed by atoms with E-state index < -0.39 is 6.17 Å². The van der Waals surface area contributed by atoms with E-state index in [4.69, 9.17) is 0 Å². The molecule has 3 rings (SSSR count). The van der Waals surface area contributed by atoms with Gasteiger partial charge in [-0.15, -0.1) is 0 Å². The second kappa shape index (κ2) is 3.96. The van der Waals surface area contributed by atoms with Crippen molar-refractivity contribution in [1.29, 1.82) is 0 Å². The molecule has 0 aromatic carbocycles. The lowest BCUT2D eigenvalue weighted by atomic mass is 10.2. The summed E-state index contributed by atoms with van der Waals surface area (Å²) in [6, 6.07) is 1.67. The fraction of sp³-hybridized carbons (Fsp3) is 0.455. The molecular weight excluding hydrogens is 223 g/mol. The summed E-state index contributed by atoms with van der Waals surface area (Å²) in [4.78, 5) is 13.1. The minimum Gasteiger partial charge on any atom is -0.394 e. The van der Waals surface area contributed by atoms with Gasteiger partial charge < -0.3 is 15.0 Å². The molecule has 1 saturated heterocycles. The molecule has 0 amide bonds. The molecule has 3 heterocycles. The Morgan fingerprint density at radius 1 is 1.53 bits per heavy atom. The lowest BCUT2D eigenvalue weighted by Crippen LogP contribution is -2.33. The monoisotopic (exact) mass is 236 g/mol. The van der Waals surface area contributed by atoms with Gasteiger partial charge in [0.1, 0.15) is 24.0 Å². The van der Waals surface area contributed by atoms with Gasteiger partial charge in [0, 0.05) is 12.6 Å². The number of anilines is 1. The number of rotatable bonds is 2. The molecule has 2 N–H and O–H groups in total. The first kappa shape index (κ1) is 10.5. The Balaban J connectivity index is 2.05. The van der Waals surface area contributed by atoms with Crippen molar-refractivity contribution in [2.45, 2.75) is 18.6 Å². The number of H-pyrrole nitrogens is 1. The largest absolute Gasteiger partial charge is 0.394 e. The van der Waals surface area contributed by atoms with E-state index in [9.17, 15) is 9.50 Å². The first-order valence-corrected chi connectivity index (χ1v) is 5.59. The van der Waals surface area contributed by atoms with Gasteiger partial charge in [-0.3, -0.25) is 0 Å². The van der Waals surface area contributed by atoms with Gasteiger partial charge in [0.15, 0.2) is 0 Å². The summed E-state index contributed by atoms with van der Waals surface area (Å²) in [6.07, 6.45) is 2.68. The zero-order valence-electron chi connectivity index (χ0n) is 9.17. The lowest BCUT2D eigenvalue weighted by molar-refractivity contribution is 0.255. The van der Waals surface area contributed by atoms with E-state index in [-0.39, 0.29) is 19.2 Å². The van der Waals surface area contributed by atoms with E-state index in [1.165, 1.54) is 6.33 Å². The summed E-state index contributed by atoms with van der Waals surface area (Å²) >= 11 is 0. The number of aliphatic hydroxyl groups excluding tert-OH is 1. The zero-order chi connectivity index (χ0) is 11.8. The Morgan fingerprint density at radius 3 is 3.24 bits per heavy atom. The molecule has 2 atom stereocenters. The van der Waals surface area contributed by atoms with E-state index in [1.54, 1.807) is 6.20 Å². The molecule has 0 bridgehead atoms. The second-order valence-corrected chi connectivity index (χ2v) is 4.26. The maximum Gasteiger partial charge on any atom is 0.142 e. The predicted molar refractivity (Wildman–Crippen MR) is 61.6 cm³/mol. The van der Waals surface area contributed by atoms with E-state index in [2.05, 4.69) is 15.0 Å². The molecule has 0 saturated carbocycles. The topological polar surface area (TPSA) is 65.0 Å². The van der Waals surface area contributed by atoms with Gasteiger partial charge in [0.25, 0.3) is 0 Å². The Hall–Kier alpha value is -1.69. The number of alkyl halides is 1. The van der Waals surface area contributed by atoms with Crippen LogP contribution in [0.15, 0.2) is 18.6 Å². The Labute approximate surface area is 97.3 Å². The van der Waals surface area contributed by atoms with Crippen molar-refractivity contribution in [3.8, 4) is 0 Å². The van der Waals surface area contributed by atoms with Crippen molar-refractivity contribution in [3.05, 3.63) is 18.6 Å². The van der Waals surface area contributed by atoms with E-state index in [0.717, 1.165) is 11.0 Å². The van der Waals surface area contributed by atoms with Crippen molar-refractivity contribution >= 4 is 16.9 Å². The molecule has 90 valence electrons. The van der Waals surface area contributed by atoms with Crippen molar-refractivity contribution in [3.63, 3.8) is 0 Å². The molecule has 2 aromatic rings. The van der Waals surface area contributed by atoms with Crippen LogP contribution >= 0.6 is 0 Å². The van der Waals surface area contributed by atoms with Crippen molar-refractivity contribution in [1.82, 2.24) is 15.0 Å². The maximum absolute atomic E-state index is 13.4. The highest BCUT2D eigenvalue weighted by Gasteiger charge is 2.33. The average Bonchev–Trinajstić information content (AvgIpc) is 2.93. The molecule has 5 nitrogen and oxygen atoms in total. The molecule has 17 heavy (non-hydrogen) atoms. The number of nitrogens with one attached hydrogen (secondary N) is 1. The van der Waals surface area contributed by atoms with Crippen LogP contribution in [0.3, 0.4) is 0 Å². The summed E-state index contributed by atoms with van der Waals surface area (Å²) in [6.45, 7) is 0.221. The first-order valence-electron chi connectivity index (χ1n) is 5.59. The van der Waals surface area contributed by atoms with Crippen LogP contribution in [0, 0.1) is 0 Å². The van der Waals surface area contributed by atoms with Gasteiger partial charge in [0.05, 0.1) is 24.6 Å². The minimum atomic E-state index is -0.906. The number of aliphatic hydroxyl groups is 1. The number of aromatic amines is 1. The average molecular weight is 236 g/mol. The summed E-state index contributed by atoms with van der Waals surface area (Å²) in [5.41, 5.74) is 0.731. The lowest BCUT2D eigenvalue weighted by Gasteiger charge is -2.23. The number of hydrogen-bond acceptors (Lipinski definition) is 4. The standard InChI is InChI=1S/C11H13FN4O/c12-7-3-8(5-17)16(4-7)11-9-1-2-13-10(9)14-6-15-11/h1-2,6-8,17H,3-5H2,(H,13,14,15)/t7-,8-/m0/s1. The van der Waals surface area contributed by atoms with Crippen LogP contribution in [-0.2, 0) is 0 Å². The number of fused-ring (bicyclic) bond motifs is 1. The van der Waals surface area contributed by atoms with E-state index >= 15 is 0 Å². The van der Waals surface area contributed by atoms with Crippen LogP contribution in [0.25, 0.3) is 11.0 Å². The van der Waals surface area contributed by atoms with Gasteiger partial charge in [-0.1, -0.05) is 0 Å². The highest BCUT2D eigenvalue weighted by atomic mass is 19.1. The van der Waals surface area contributed by atoms with E-state index in [0.29, 0.717) is 12.2 Å². The number of aromatic nitrogens is 3. The molecule has 1 aliphatic heterocycles. The second-order valence-electron chi connectivity index (χ2n) is 4.26. The van der Waals surface area contributed by atoms with Gasteiger partial charge in [-0.2, -0.15) is 0 Å². The molecule has 2 aromatic heterocycles. The van der Waals surface area contributed by atoms with Gasteiger partial charge >= 0.3 is 0 Å². The first-order chi connectivity index (χ1) is 8.29. The Bertz CT molecular complexity index is 529. The minimum absolute atomic E-state index is 0.0592. The third-order valence-corrected chi connectivity index (χ3v) is 3.18. The third kappa shape index (κ3) is 1.64. The fourth-order valence-corrected chi connectivity index (χ4v) is 2.38. The molecular formula is C11H13FN4O. The van der Waals surface area contributed by atoms with E-state index in [1.807, 2.05) is 11.0 Å². The molecule has 1 fully saturated rings. The molecule has 0 aliphatic carbocycles. The maximum atomic E-state index is 13.4. The summed E-state index contributed by atoms with van der Waals surface area (Å²) in [5.74, 6) is 0.690. The quantitative estimate of drug-likeness (QED) is 0.812. The SMILES string of the molecule is OC[C@@H]1C[C@H](F)CN1c1ncnc2[nH]ccc12. The van der Waals surface area contributed by atoms with Gasteiger partial charge in [0.2, 0.25) is 0 Å². The summed E-state index contributed by atoms with van der Waals surface area (Å²) in [7, 11) is 0. The van der Waals surface area contributed by atoms with Crippen LogP contribution in [0.1, 0.15) is 6.42 Å². The molecule has 6 heteroatoms. The van der Waals surface area contributed by atoms with Crippen molar-refractivity contribution in [2.75, 3.05) is 18.1 Å². The molecule has 0 spiro atoms. The summed E-state index contributed by atoms with van der Waals surface area (Å²) in [5, 5.41) is 10.1.